The van der Waals surface area contributed by atoms with Crippen LogP contribution in [0.2, 0.25) is 5.02 Å². The third-order valence-electron chi connectivity index (χ3n) is 4.73. The fourth-order valence-corrected chi connectivity index (χ4v) is 3.44. The first kappa shape index (κ1) is 17.8. The van der Waals surface area contributed by atoms with Crippen LogP contribution < -0.4 is 15.2 Å². The lowest BCUT2D eigenvalue weighted by Crippen LogP contribution is -2.46. The Labute approximate surface area is 161 Å². The highest BCUT2D eigenvalue weighted by atomic mass is 35.5. The van der Waals surface area contributed by atoms with Crippen molar-refractivity contribution in [3.8, 4) is 5.88 Å². The van der Waals surface area contributed by atoms with E-state index in [1.54, 1.807) is 31.5 Å². The molecule has 0 N–H and O–H groups in total. The van der Waals surface area contributed by atoms with Gasteiger partial charge in [0.05, 0.1) is 29.7 Å². The van der Waals surface area contributed by atoms with Gasteiger partial charge in [-0.25, -0.2) is 9.97 Å². The van der Waals surface area contributed by atoms with E-state index in [0.29, 0.717) is 23.1 Å². The minimum absolute atomic E-state index is 0.111. The molecule has 1 aliphatic rings. The standard InChI is InChI=1S/C19H20ClN5O2/c1-27-18-5-3-16(11-21-18)24-8-6-23(7-9-24)13-15-10-19(26)25-12-14(20)2-4-17(25)22-15/h2-5,10-12H,6-9,13H2,1H3. The van der Waals surface area contributed by atoms with Crippen LogP contribution in [0.4, 0.5) is 5.69 Å². The molecule has 0 spiro atoms. The van der Waals surface area contributed by atoms with Gasteiger partial charge in [0.15, 0.2) is 0 Å². The van der Waals surface area contributed by atoms with Crippen LogP contribution in [0, 0.1) is 0 Å². The maximum Gasteiger partial charge on any atom is 0.258 e. The van der Waals surface area contributed by atoms with Crippen molar-refractivity contribution in [1.29, 1.82) is 0 Å². The van der Waals surface area contributed by atoms with Crippen LogP contribution in [0.5, 0.6) is 5.88 Å². The van der Waals surface area contributed by atoms with Gasteiger partial charge >= 0.3 is 0 Å². The summed E-state index contributed by atoms with van der Waals surface area (Å²) in [6, 6.07) is 9.00. The molecule has 8 heteroatoms. The van der Waals surface area contributed by atoms with E-state index in [1.165, 1.54) is 4.40 Å². The number of ether oxygens (including phenoxy) is 1. The largest absolute Gasteiger partial charge is 0.481 e. The smallest absolute Gasteiger partial charge is 0.258 e. The van der Waals surface area contributed by atoms with Crippen LogP contribution in [0.15, 0.2) is 47.5 Å². The Morgan fingerprint density at radius 1 is 1.15 bits per heavy atom. The lowest BCUT2D eigenvalue weighted by atomic mass is 10.2. The Morgan fingerprint density at radius 2 is 1.96 bits per heavy atom. The van der Waals surface area contributed by atoms with Gasteiger partial charge in [-0.2, -0.15) is 0 Å². The van der Waals surface area contributed by atoms with Gasteiger partial charge < -0.3 is 9.64 Å². The van der Waals surface area contributed by atoms with Crippen LogP contribution in [-0.4, -0.2) is 52.6 Å². The van der Waals surface area contributed by atoms with Gasteiger partial charge in [-0.3, -0.25) is 14.1 Å². The Hall–Kier alpha value is -2.64. The van der Waals surface area contributed by atoms with Crippen molar-refractivity contribution in [3.63, 3.8) is 0 Å². The van der Waals surface area contributed by atoms with E-state index < -0.39 is 0 Å². The third-order valence-corrected chi connectivity index (χ3v) is 4.95. The normalized spacial score (nSPS) is 15.3. The molecule has 27 heavy (non-hydrogen) atoms. The summed E-state index contributed by atoms with van der Waals surface area (Å²) in [6.45, 7) is 4.25. The van der Waals surface area contributed by atoms with Gasteiger partial charge in [0, 0.05) is 51.1 Å². The molecule has 3 aromatic heterocycles. The first-order valence-electron chi connectivity index (χ1n) is 8.77. The number of hydrogen-bond acceptors (Lipinski definition) is 6. The fraction of sp³-hybridized carbons (Fsp3) is 0.316. The number of halogens is 1. The number of hydrogen-bond donors (Lipinski definition) is 0. The molecular formula is C19H20ClN5O2. The zero-order valence-corrected chi connectivity index (χ0v) is 15.8. The van der Waals surface area contributed by atoms with Gasteiger partial charge in [0.25, 0.3) is 5.56 Å². The van der Waals surface area contributed by atoms with Crippen molar-refractivity contribution in [2.45, 2.75) is 6.54 Å². The zero-order chi connectivity index (χ0) is 18.8. The van der Waals surface area contributed by atoms with Crippen LogP contribution >= 0.6 is 11.6 Å². The number of aromatic nitrogens is 3. The number of nitrogens with zero attached hydrogens (tertiary/aromatic N) is 5. The molecule has 0 radical (unpaired) electrons. The number of piperazine rings is 1. The predicted molar refractivity (Wildman–Crippen MR) is 105 cm³/mol. The number of fused-ring (bicyclic) bond motifs is 1. The van der Waals surface area contributed by atoms with Gasteiger partial charge in [-0.1, -0.05) is 11.6 Å². The van der Waals surface area contributed by atoms with Gasteiger partial charge in [-0.05, 0) is 18.2 Å². The van der Waals surface area contributed by atoms with E-state index in [-0.39, 0.29) is 5.56 Å². The van der Waals surface area contributed by atoms with Crippen molar-refractivity contribution in [1.82, 2.24) is 19.3 Å². The molecule has 1 saturated heterocycles. The maximum absolute atomic E-state index is 12.3. The average Bonchev–Trinajstić information content (AvgIpc) is 2.69. The summed E-state index contributed by atoms with van der Waals surface area (Å²) in [5.74, 6) is 0.618. The van der Waals surface area contributed by atoms with E-state index >= 15 is 0 Å². The van der Waals surface area contributed by atoms with E-state index in [4.69, 9.17) is 16.3 Å². The molecular weight excluding hydrogens is 366 g/mol. The van der Waals surface area contributed by atoms with Crippen LogP contribution in [0.1, 0.15) is 5.69 Å². The Kier molecular flexibility index (Phi) is 4.96. The number of anilines is 1. The minimum atomic E-state index is -0.111. The molecule has 0 aliphatic carbocycles. The molecule has 0 bridgehead atoms. The first-order chi connectivity index (χ1) is 13.1. The quantitative estimate of drug-likeness (QED) is 0.685. The molecule has 0 unspecified atom stereocenters. The van der Waals surface area contributed by atoms with Crippen molar-refractivity contribution in [2.75, 3.05) is 38.2 Å². The fourth-order valence-electron chi connectivity index (χ4n) is 3.28. The van der Waals surface area contributed by atoms with Gasteiger partial charge in [0.2, 0.25) is 5.88 Å². The summed E-state index contributed by atoms with van der Waals surface area (Å²) in [5.41, 5.74) is 2.38. The number of rotatable bonds is 4. The van der Waals surface area contributed by atoms with Crippen molar-refractivity contribution >= 4 is 22.9 Å². The zero-order valence-electron chi connectivity index (χ0n) is 15.0. The van der Waals surface area contributed by atoms with Crippen LogP contribution in [-0.2, 0) is 6.54 Å². The molecule has 1 aliphatic heterocycles. The van der Waals surface area contributed by atoms with Crippen molar-refractivity contribution in [3.05, 3.63) is 63.8 Å². The first-order valence-corrected chi connectivity index (χ1v) is 9.15. The highest BCUT2D eigenvalue weighted by Crippen LogP contribution is 2.18. The molecule has 7 nitrogen and oxygen atoms in total. The second-order valence-electron chi connectivity index (χ2n) is 6.48. The SMILES string of the molecule is COc1ccc(N2CCN(Cc3cc(=O)n4cc(Cl)ccc4n3)CC2)cn1. The molecule has 0 amide bonds. The summed E-state index contributed by atoms with van der Waals surface area (Å²) in [4.78, 5) is 25.8. The van der Waals surface area contributed by atoms with Gasteiger partial charge in [0.1, 0.15) is 5.65 Å². The molecule has 4 heterocycles. The lowest BCUT2D eigenvalue weighted by molar-refractivity contribution is 0.247. The number of methoxy groups -OCH3 is 1. The maximum atomic E-state index is 12.3. The molecule has 0 atom stereocenters. The van der Waals surface area contributed by atoms with E-state index in [0.717, 1.165) is 37.6 Å². The monoisotopic (exact) mass is 385 g/mol. The summed E-state index contributed by atoms with van der Waals surface area (Å²) >= 11 is 5.96. The van der Waals surface area contributed by atoms with Crippen LogP contribution in [0.3, 0.4) is 0 Å². The average molecular weight is 386 g/mol. The van der Waals surface area contributed by atoms with Crippen molar-refractivity contribution in [2.24, 2.45) is 0 Å². The molecule has 3 aromatic rings. The highest BCUT2D eigenvalue weighted by Gasteiger charge is 2.18. The van der Waals surface area contributed by atoms with Crippen molar-refractivity contribution < 1.29 is 4.74 Å². The van der Waals surface area contributed by atoms with E-state index in [2.05, 4.69) is 19.8 Å². The predicted octanol–water partition coefficient (Wildman–Crippen LogP) is 2.07. The number of pyridine rings is 2. The minimum Gasteiger partial charge on any atom is -0.481 e. The Bertz CT molecular complexity index is 997. The second-order valence-corrected chi connectivity index (χ2v) is 6.92. The van der Waals surface area contributed by atoms with E-state index in [9.17, 15) is 4.79 Å². The summed E-state index contributed by atoms with van der Waals surface area (Å²) in [5, 5.41) is 0.517. The highest BCUT2D eigenvalue weighted by molar-refractivity contribution is 6.30. The molecule has 0 saturated carbocycles. The van der Waals surface area contributed by atoms with E-state index in [1.807, 2.05) is 18.3 Å². The second kappa shape index (κ2) is 7.54. The molecule has 140 valence electrons. The van der Waals surface area contributed by atoms with Crippen LogP contribution in [0.25, 0.3) is 5.65 Å². The Balaban J connectivity index is 1.42. The topological polar surface area (TPSA) is 63.0 Å². The molecule has 1 fully saturated rings. The van der Waals surface area contributed by atoms with Gasteiger partial charge in [-0.15, -0.1) is 0 Å². The third kappa shape index (κ3) is 3.89. The molecule has 0 aromatic carbocycles. The lowest BCUT2D eigenvalue weighted by Gasteiger charge is -2.35. The molecule has 4 rings (SSSR count). The summed E-state index contributed by atoms with van der Waals surface area (Å²) < 4.78 is 6.58. The summed E-state index contributed by atoms with van der Waals surface area (Å²) in [7, 11) is 1.61. The summed E-state index contributed by atoms with van der Waals surface area (Å²) in [6.07, 6.45) is 3.43. The Morgan fingerprint density at radius 3 is 2.67 bits per heavy atom.